The molecule has 1 fully saturated rings. The summed E-state index contributed by atoms with van der Waals surface area (Å²) in [5, 5.41) is 9.06. The number of nitrogens with one attached hydrogen (secondary N) is 2. The summed E-state index contributed by atoms with van der Waals surface area (Å²) in [5.41, 5.74) is 0.954. The van der Waals surface area contributed by atoms with Crippen LogP contribution in [0.2, 0.25) is 0 Å². The van der Waals surface area contributed by atoms with Gasteiger partial charge in [0, 0.05) is 45.2 Å². The van der Waals surface area contributed by atoms with Gasteiger partial charge in [0.25, 0.3) is 0 Å². The fourth-order valence-corrected chi connectivity index (χ4v) is 4.38. The molecule has 164 valence electrons. The molecule has 0 aromatic carbocycles. The highest BCUT2D eigenvalue weighted by molar-refractivity contribution is 7.10. The Kier molecular flexibility index (Phi) is 8.48. The molecule has 3 rings (SSSR count). The van der Waals surface area contributed by atoms with E-state index in [1.807, 2.05) is 48.5 Å². The fraction of sp³-hybridized carbons (Fsp3) is 0.545. The van der Waals surface area contributed by atoms with E-state index in [1.165, 1.54) is 4.88 Å². The van der Waals surface area contributed by atoms with Crippen molar-refractivity contribution >= 4 is 23.1 Å². The Morgan fingerprint density at radius 3 is 2.90 bits per heavy atom. The Morgan fingerprint density at radius 1 is 1.33 bits per heavy atom. The van der Waals surface area contributed by atoms with E-state index in [0.29, 0.717) is 12.6 Å². The Hall–Kier alpha value is -2.16. The molecule has 3 heterocycles. The van der Waals surface area contributed by atoms with Gasteiger partial charge in [-0.25, -0.2) is 9.98 Å². The van der Waals surface area contributed by atoms with Crippen LogP contribution in [0.1, 0.15) is 30.5 Å². The first-order chi connectivity index (χ1) is 14.6. The Labute approximate surface area is 184 Å². The van der Waals surface area contributed by atoms with Crippen LogP contribution in [0.25, 0.3) is 0 Å². The first-order valence-corrected chi connectivity index (χ1v) is 11.5. The number of aliphatic imine (C=N–C) groups is 1. The van der Waals surface area contributed by atoms with E-state index in [0.717, 1.165) is 50.3 Å². The highest BCUT2D eigenvalue weighted by Crippen LogP contribution is 2.26. The summed E-state index contributed by atoms with van der Waals surface area (Å²) in [6.45, 7) is 9.05. The van der Waals surface area contributed by atoms with Crippen LogP contribution in [0.15, 0.2) is 40.7 Å². The van der Waals surface area contributed by atoms with Crippen LogP contribution in [0, 0.1) is 0 Å². The van der Waals surface area contributed by atoms with Gasteiger partial charge in [-0.2, -0.15) is 0 Å². The number of anilines is 1. The third-order valence-electron chi connectivity index (χ3n) is 5.04. The van der Waals surface area contributed by atoms with Crippen LogP contribution in [0.3, 0.4) is 0 Å². The SMILES string of the molecule is CCNC(=NCc1cccc(N(C)C)n1)NCC(c1cccs1)N1CCOC(C)C1. The van der Waals surface area contributed by atoms with Crippen LogP contribution in [-0.2, 0) is 11.3 Å². The van der Waals surface area contributed by atoms with Crippen molar-refractivity contribution in [3.05, 3.63) is 46.3 Å². The maximum absolute atomic E-state index is 5.75. The number of rotatable bonds is 8. The van der Waals surface area contributed by atoms with Gasteiger partial charge in [0.1, 0.15) is 5.82 Å². The van der Waals surface area contributed by atoms with Crippen LogP contribution < -0.4 is 15.5 Å². The molecule has 2 unspecified atom stereocenters. The molecule has 2 aromatic heterocycles. The standard InChI is InChI=1S/C22H34N6OS/c1-5-23-22(24-14-18-8-6-10-21(26-18)27(3)4)25-15-19(20-9-7-13-30-20)28-11-12-29-17(2)16-28/h6-10,13,17,19H,5,11-12,14-16H2,1-4H3,(H2,23,24,25). The number of hydrogen-bond acceptors (Lipinski definition) is 6. The lowest BCUT2D eigenvalue weighted by Gasteiger charge is -2.37. The van der Waals surface area contributed by atoms with Gasteiger partial charge in [-0.1, -0.05) is 12.1 Å². The number of aromatic nitrogens is 1. The average Bonchev–Trinajstić information content (AvgIpc) is 3.27. The molecule has 1 aliphatic rings. The van der Waals surface area contributed by atoms with Gasteiger partial charge in [-0.3, -0.25) is 4.90 Å². The molecule has 2 aromatic rings. The average molecular weight is 431 g/mol. The van der Waals surface area contributed by atoms with Gasteiger partial charge in [0.2, 0.25) is 0 Å². The third-order valence-corrected chi connectivity index (χ3v) is 6.01. The molecule has 0 bridgehead atoms. The van der Waals surface area contributed by atoms with Gasteiger partial charge in [-0.15, -0.1) is 11.3 Å². The van der Waals surface area contributed by atoms with Crippen molar-refractivity contribution in [1.29, 1.82) is 0 Å². The lowest BCUT2D eigenvalue weighted by atomic mass is 10.1. The summed E-state index contributed by atoms with van der Waals surface area (Å²) in [6, 6.07) is 10.7. The molecule has 2 atom stereocenters. The predicted octanol–water partition coefficient (Wildman–Crippen LogP) is 2.73. The fourth-order valence-electron chi connectivity index (χ4n) is 3.52. The van der Waals surface area contributed by atoms with E-state index in [9.17, 15) is 0 Å². The van der Waals surface area contributed by atoms with E-state index in [1.54, 1.807) is 0 Å². The Bertz CT molecular complexity index is 795. The summed E-state index contributed by atoms with van der Waals surface area (Å²) < 4.78 is 5.75. The molecule has 0 amide bonds. The van der Waals surface area contributed by atoms with Crippen molar-refractivity contribution in [1.82, 2.24) is 20.5 Å². The first-order valence-electron chi connectivity index (χ1n) is 10.6. The number of thiophene rings is 1. The third kappa shape index (κ3) is 6.42. The minimum absolute atomic E-state index is 0.262. The van der Waals surface area contributed by atoms with Crippen molar-refractivity contribution in [3.63, 3.8) is 0 Å². The summed E-state index contributed by atoms with van der Waals surface area (Å²) >= 11 is 1.81. The molecule has 1 aliphatic heterocycles. The van der Waals surface area contributed by atoms with E-state index >= 15 is 0 Å². The number of guanidine groups is 1. The number of nitrogens with zero attached hydrogens (tertiary/aromatic N) is 4. The Balaban J connectivity index is 1.68. The smallest absolute Gasteiger partial charge is 0.191 e. The highest BCUT2D eigenvalue weighted by atomic mass is 32.1. The van der Waals surface area contributed by atoms with Crippen molar-refractivity contribution in [3.8, 4) is 0 Å². The number of ether oxygens (including phenoxy) is 1. The zero-order chi connectivity index (χ0) is 21.3. The maximum atomic E-state index is 5.75. The van der Waals surface area contributed by atoms with E-state index in [2.05, 4.69) is 51.9 Å². The van der Waals surface area contributed by atoms with Crippen LogP contribution in [-0.4, -0.2) is 68.8 Å². The minimum atomic E-state index is 0.262. The van der Waals surface area contributed by atoms with Crippen molar-refractivity contribution in [2.24, 2.45) is 4.99 Å². The monoisotopic (exact) mass is 430 g/mol. The zero-order valence-electron chi connectivity index (χ0n) is 18.5. The van der Waals surface area contributed by atoms with Crippen molar-refractivity contribution in [2.75, 3.05) is 51.8 Å². The summed E-state index contributed by atoms with van der Waals surface area (Å²) in [5.74, 6) is 1.76. The normalized spacial score (nSPS) is 18.8. The predicted molar refractivity (Wildman–Crippen MR) is 125 cm³/mol. The van der Waals surface area contributed by atoms with Crippen molar-refractivity contribution in [2.45, 2.75) is 32.5 Å². The van der Waals surface area contributed by atoms with Gasteiger partial charge in [0.05, 0.1) is 31.0 Å². The molecule has 8 heteroatoms. The second-order valence-corrected chi connectivity index (χ2v) is 8.64. The summed E-state index contributed by atoms with van der Waals surface area (Å²) in [7, 11) is 4.00. The van der Waals surface area contributed by atoms with Crippen LogP contribution >= 0.6 is 11.3 Å². The van der Waals surface area contributed by atoms with Gasteiger partial charge in [-0.05, 0) is 37.4 Å². The van der Waals surface area contributed by atoms with Gasteiger partial charge in [0.15, 0.2) is 5.96 Å². The first kappa shape index (κ1) is 22.5. The van der Waals surface area contributed by atoms with Gasteiger partial charge < -0.3 is 20.3 Å². The molecule has 1 saturated heterocycles. The van der Waals surface area contributed by atoms with Crippen LogP contribution in [0.4, 0.5) is 5.82 Å². The lowest BCUT2D eigenvalue weighted by Crippen LogP contribution is -2.48. The van der Waals surface area contributed by atoms with Crippen molar-refractivity contribution < 1.29 is 4.74 Å². The molecule has 0 spiro atoms. The molecular weight excluding hydrogens is 396 g/mol. The van der Waals surface area contributed by atoms with Crippen LogP contribution in [0.5, 0.6) is 0 Å². The topological polar surface area (TPSA) is 65.0 Å². The number of pyridine rings is 1. The minimum Gasteiger partial charge on any atom is -0.376 e. The molecule has 0 radical (unpaired) electrons. The quantitative estimate of drug-likeness (QED) is 0.496. The molecular formula is C22H34N6OS. The molecule has 30 heavy (non-hydrogen) atoms. The second-order valence-electron chi connectivity index (χ2n) is 7.67. The zero-order valence-corrected chi connectivity index (χ0v) is 19.3. The second kappa shape index (κ2) is 11.3. The molecule has 0 aliphatic carbocycles. The van der Waals surface area contributed by atoms with E-state index in [-0.39, 0.29) is 6.10 Å². The van der Waals surface area contributed by atoms with Gasteiger partial charge >= 0.3 is 0 Å². The molecule has 2 N–H and O–H groups in total. The summed E-state index contributed by atoms with van der Waals surface area (Å²) in [6.07, 6.45) is 0.262. The van der Waals surface area contributed by atoms with E-state index < -0.39 is 0 Å². The largest absolute Gasteiger partial charge is 0.376 e. The Morgan fingerprint density at radius 2 is 2.20 bits per heavy atom. The molecule has 0 saturated carbocycles. The van der Waals surface area contributed by atoms with E-state index in [4.69, 9.17) is 9.73 Å². The maximum Gasteiger partial charge on any atom is 0.191 e. The number of hydrogen-bond donors (Lipinski definition) is 2. The molecule has 7 nitrogen and oxygen atoms in total. The lowest BCUT2D eigenvalue weighted by molar-refractivity contribution is -0.0334. The number of morpholine rings is 1. The highest BCUT2D eigenvalue weighted by Gasteiger charge is 2.26. The summed E-state index contributed by atoms with van der Waals surface area (Å²) in [4.78, 5) is 15.3.